The number of hydrogen-bond donors (Lipinski definition) is 15. The minimum atomic E-state index is -5.22. The van der Waals surface area contributed by atoms with Crippen LogP contribution in [-0.2, 0) is 116 Å². The zero-order valence-corrected chi connectivity index (χ0v) is 90.3. The molecule has 4 fully saturated rings. The number of rotatable bonds is 42. The first-order chi connectivity index (χ1) is 68.3. The van der Waals surface area contributed by atoms with Crippen molar-refractivity contribution in [3.05, 3.63) is 152 Å². The number of aromatic hydroxyl groups is 4. The van der Waals surface area contributed by atoms with Gasteiger partial charge in [-0.25, -0.2) is 23.4 Å². The first kappa shape index (κ1) is 122. The predicted molar refractivity (Wildman–Crippen MR) is 515 cm³/mol. The topological polar surface area (TPSA) is 911 Å². The molecule has 0 saturated carbocycles. The number of oxime groups is 4. The van der Waals surface area contributed by atoms with Crippen LogP contribution in [0.3, 0.4) is 0 Å². The second-order valence-corrected chi connectivity index (χ2v) is 43.8. The Hall–Kier alpha value is -12.5. The Morgan fingerprint density at radius 3 is 0.893 bits per heavy atom. The fraction of sp³-hybridized carbons (Fsp3) is 0.442. The van der Waals surface area contributed by atoms with Gasteiger partial charge in [0.25, 0.3) is 23.6 Å². The Kier molecular flexibility index (Phi) is 39.3. The van der Waals surface area contributed by atoms with E-state index in [1.54, 1.807) is 40.2 Å². The summed E-state index contributed by atoms with van der Waals surface area (Å²) >= 11 is 6.35. The number of anilines is 4. The molecule has 4 saturated heterocycles. The van der Waals surface area contributed by atoms with Gasteiger partial charge >= 0.3 is 60.8 Å². The van der Waals surface area contributed by atoms with Crippen molar-refractivity contribution in [2.45, 2.75) is 155 Å². The van der Waals surface area contributed by atoms with Crippen LogP contribution in [0.15, 0.2) is 105 Å². The van der Waals surface area contributed by atoms with E-state index < -0.39 is 247 Å². The van der Waals surface area contributed by atoms with Crippen LogP contribution in [0.1, 0.15) is 179 Å². The first-order valence-corrected chi connectivity index (χ1v) is 53.4. The summed E-state index contributed by atoms with van der Waals surface area (Å²) < 4.78 is 149. The fourth-order valence-corrected chi connectivity index (χ4v) is 19.2. The third-order valence-electron chi connectivity index (χ3n) is 22.0. The summed E-state index contributed by atoms with van der Waals surface area (Å²) in [5, 5.41) is 101. The number of aromatic nitrogens is 9. The molecule has 1 unspecified atom stereocenters. The number of Topliss-reactive ketones (excluding diaryl/α,β-unsaturated/α-hetero) is 4. The van der Waals surface area contributed by atoms with Crippen molar-refractivity contribution in [1.29, 1.82) is 0 Å². The number of carbonyl (C=O) groups excluding carboxylic acids is 8. The monoisotopic (exact) mass is 2300 g/mol. The van der Waals surface area contributed by atoms with Gasteiger partial charge in [-0.2, -0.15) is 102 Å². The molecule has 61 nitrogen and oxygen atoms in total. The van der Waals surface area contributed by atoms with Gasteiger partial charge in [0.05, 0.1) is 70.6 Å². The zero-order valence-electron chi connectivity index (χ0n) is 80.1. The van der Waals surface area contributed by atoms with E-state index in [4.69, 9.17) is 55.9 Å². The summed E-state index contributed by atoms with van der Waals surface area (Å²) in [7, 11) is -20.1. The summed E-state index contributed by atoms with van der Waals surface area (Å²) in [6.07, 6.45) is 0.467. The van der Waals surface area contributed by atoms with Gasteiger partial charge in [0.2, 0.25) is 37.9 Å². The van der Waals surface area contributed by atoms with Crippen LogP contribution in [0, 0.1) is 35.5 Å². The molecule has 0 spiro atoms. The molecule has 0 radical (unpaired) electrons. The number of nitrogens with two attached hydrogens (primary N) is 4. The molecule has 149 heavy (non-hydrogen) atoms. The molecule has 8 atom stereocenters. The Bertz CT molecular complexity index is 6920. The van der Waals surface area contributed by atoms with Crippen molar-refractivity contribution in [2.24, 2.45) is 56.1 Å². The molecule has 72 heteroatoms. The molecular weight excluding hydrogens is 2200 g/mol. The average molecular weight is 2300 g/mol. The van der Waals surface area contributed by atoms with E-state index in [0.717, 1.165) is 94.6 Å². The molecule has 4 amide bonds. The van der Waals surface area contributed by atoms with Gasteiger partial charge < -0.3 is 88.1 Å². The number of carbonyl (C=O) groups is 8. The predicted octanol–water partition coefficient (Wildman–Crippen LogP) is -1.02. The largest absolute Gasteiger partial charge is 1.00 e. The SMILES string of the molecule is CC(C)C(O/N=C(\C(=O)C[C@@H]1C(=O)N(OS(=O)(=O)[O-])C1(C)C)c1csc(N)n1)c1cc(=O)c(O)cn1O.CC(C)[C@@H](O/N=C(\C(=O)C[C@@H]1C(=O)N(OS(=O)(=O)O)C1(C)C)c1nsc(N)n1)c1cc(=O)c(O)cn1O.CSC[C@@H](O/N=C(\C(=O)C[C@@H]1C(=O)N(OS(=O)(=O)O)C1(C)C)c1csc(N)n1)c1cc(=O)c(O)cn1O.CSC[C@H](O/N=C(\C(=O)C[C@@H]1C(=O)N(OS(=O)(=O)O)C1(C)C)c1csc(N)n1)c1cc(=O)c(O)cn1O.[Na+]. The molecule has 8 aromatic rings. The van der Waals surface area contributed by atoms with Gasteiger partial charge in [0, 0.05) is 89.1 Å². The average Bonchev–Trinajstić information content (AvgIpc) is 0.942. The van der Waals surface area contributed by atoms with Gasteiger partial charge in [-0.05, 0) is 79.7 Å². The van der Waals surface area contributed by atoms with E-state index in [1.807, 2.05) is 0 Å². The van der Waals surface area contributed by atoms with Crippen molar-refractivity contribution < 1.29 is 198 Å². The van der Waals surface area contributed by atoms with Crippen LogP contribution < -0.4 is 74.2 Å². The maximum atomic E-state index is 13.2. The second kappa shape index (κ2) is 48.2. The number of nitrogen functional groups attached to an aromatic ring is 4. The smallest absolute Gasteiger partial charge is 0.724 e. The molecule has 12 heterocycles. The number of thioether (sulfide) groups is 2. The van der Waals surface area contributed by atoms with Crippen molar-refractivity contribution in [3.8, 4) is 23.0 Å². The van der Waals surface area contributed by atoms with Crippen LogP contribution in [-0.4, -0.2) is 272 Å². The quantitative estimate of drug-likeness (QED) is 0.00414. The minimum Gasteiger partial charge on any atom is -0.724 e. The van der Waals surface area contributed by atoms with Gasteiger partial charge in [-0.1, -0.05) is 48.3 Å². The number of β-lactam (4-membered cyclic amide) rings is 4. The maximum Gasteiger partial charge on any atom is 1.00 e. The van der Waals surface area contributed by atoms with Crippen LogP contribution >= 0.6 is 69.1 Å². The molecule has 808 valence electrons. The summed E-state index contributed by atoms with van der Waals surface area (Å²) in [5.74, 6) is -14.1. The molecule has 8 aromatic heterocycles. The Labute approximate surface area is 888 Å². The normalized spacial score (nSPS) is 18.3. The van der Waals surface area contributed by atoms with Crippen molar-refractivity contribution in [3.63, 3.8) is 0 Å². The van der Waals surface area contributed by atoms with Gasteiger partial charge in [-0.15, -0.1) is 46.9 Å². The van der Waals surface area contributed by atoms with E-state index in [1.165, 1.54) is 95.1 Å². The molecule has 4 aliphatic heterocycles. The number of nitrogens with zero attached hydrogens (tertiary/aromatic N) is 17. The maximum absolute atomic E-state index is 13.2. The van der Waals surface area contributed by atoms with Gasteiger partial charge in [0.1, 0.15) is 39.9 Å². The van der Waals surface area contributed by atoms with E-state index >= 15 is 0 Å². The zero-order chi connectivity index (χ0) is 111. The van der Waals surface area contributed by atoms with E-state index in [9.17, 15) is 137 Å². The molecular formula is C77H94N21NaO40S10. The van der Waals surface area contributed by atoms with Crippen LogP contribution in [0.2, 0.25) is 0 Å². The Morgan fingerprint density at radius 2 is 0.664 bits per heavy atom. The first-order valence-electron chi connectivity index (χ1n) is 41.8. The summed E-state index contributed by atoms with van der Waals surface area (Å²) in [6.45, 7) is 18.1. The van der Waals surface area contributed by atoms with E-state index in [-0.39, 0.29) is 124 Å². The summed E-state index contributed by atoms with van der Waals surface area (Å²) in [5.41, 5.74) is 12.9. The van der Waals surface area contributed by atoms with Crippen LogP contribution in [0.5, 0.6) is 23.0 Å². The van der Waals surface area contributed by atoms with Crippen LogP contribution in [0.25, 0.3) is 0 Å². The number of hydroxylamine groups is 8. The Morgan fingerprint density at radius 1 is 0.416 bits per heavy atom. The number of hydrogen-bond acceptors (Lipinski definition) is 56. The van der Waals surface area contributed by atoms with Crippen molar-refractivity contribution in [1.82, 2.24) is 63.5 Å². The second-order valence-electron chi connectivity index (χ2n) is 34.6. The summed E-state index contributed by atoms with van der Waals surface area (Å²) in [6, 6.07) is 3.79. The standard InChI is InChI=1S/C20H25N5O10S2.C19H24N6O10S2.2C19H23N5O10S3.Na/c1-9(2)17(12-6-13(26)15(28)7-24(12)30)34-23-16(11-8-36-19(21)22-11)14(27)5-10-18(29)25(20(10,3)4)35-37(31,32)33;1-8(2)15(10-6-11(26)13(28)7-24(10)30)34-22-14(16-21-18(20)36-23-16)12(27)5-9-17(29)25(19(9,3)4)35-37(31,32)33;2*1-19(2)9(17(28)24(19)34-37(30,31)32)4-13(26)16(10-7-36-18(20)21-10)22-33-15(8-35-3)11-5-12(25)14(27)6-23(11)29;/h6-10,17,28,30H,5H2,1-4H3,(H2,21,22)(H,31,32,33);6-9,15,28,30H,5H2,1-4H3,(H2,20,21,23)(H,31,32,33);2*5-7,9,15,27,29H,4,8H2,1-3H3,(H2,20,21)(H,30,31,32);/q;;;;+1/p-1/b23-16-;22-14+;2*22-16-;/t10-,17?;9-,15-;9-,15+;9-,15-;/m1111./s1. The number of pyridine rings is 4. The van der Waals surface area contributed by atoms with Gasteiger partial charge in [-0.3, -0.25) is 71.2 Å². The van der Waals surface area contributed by atoms with Crippen LogP contribution in [0.4, 0.5) is 20.5 Å². The van der Waals surface area contributed by atoms with Crippen molar-refractivity contribution in [2.75, 3.05) is 47.0 Å². The van der Waals surface area contributed by atoms with Crippen molar-refractivity contribution >= 4 is 201 Å². The minimum absolute atomic E-state index is 0. The number of thiazole rings is 3. The van der Waals surface area contributed by atoms with E-state index in [2.05, 4.69) is 62.1 Å². The molecule has 0 aromatic carbocycles. The molecule has 12 rings (SSSR count). The number of ketones is 4. The third kappa shape index (κ3) is 29.6. The fourth-order valence-electron chi connectivity index (χ4n) is 14.2. The number of amides is 4. The van der Waals surface area contributed by atoms with Gasteiger partial charge in [0.15, 0.2) is 114 Å². The molecule has 0 aliphatic carbocycles. The molecule has 19 N–H and O–H groups in total. The van der Waals surface area contributed by atoms with E-state index in [0.29, 0.717) is 39.2 Å². The summed E-state index contributed by atoms with van der Waals surface area (Å²) in [4.78, 5) is 189. The molecule has 0 bridgehead atoms. The molecule has 4 aliphatic rings. The third-order valence-corrected chi connectivity index (χ3v) is 27.2. The Balaban J connectivity index is 0.000000241.